The summed E-state index contributed by atoms with van der Waals surface area (Å²) in [6.45, 7) is 8.83. The fourth-order valence-electron chi connectivity index (χ4n) is 1.72. The number of nitrogens with zero attached hydrogens (tertiary/aromatic N) is 1. The smallest absolute Gasteiger partial charge is 0.0477 e. The van der Waals surface area contributed by atoms with Crippen LogP contribution < -0.4 is 0 Å². The van der Waals surface area contributed by atoms with Gasteiger partial charge in [0.1, 0.15) is 0 Å². The lowest BCUT2D eigenvalue weighted by molar-refractivity contribution is 0.137. The molecule has 0 aliphatic rings. The maximum Gasteiger partial charge on any atom is 0.0477 e. The Morgan fingerprint density at radius 2 is 1.92 bits per heavy atom. The van der Waals surface area contributed by atoms with Gasteiger partial charge in [-0.15, -0.1) is 0 Å². The third kappa shape index (κ3) is 6.05. The molecule has 0 amide bonds. The van der Waals surface area contributed by atoms with Crippen LogP contribution in [0.1, 0.15) is 33.6 Å². The molecule has 0 aromatic carbocycles. The second kappa shape index (κ2) is 7.34. The van der Waals surface area contributed by atoms with Gasteiger partial charge in [-0.25, -0.2) is 0 Å². The number of methoxy groups -OCH3 is 1. The average Bonchev–Trinajstić information content (AvgIpc) is 2.04. The molecule has 0 aliphatic carbocycles. The quantitative estimate of drug-likeness (QED) is 0.607. The predicted octanol–water partition coefficient (Wildman–Crippen LogP) is 2.39. The first-order valence-electron chi connectivity index (χ1n) is 5.31. The molecule has 0 rings (SSSR count). The van der Waals surface area contributed by atoms with Crippen molar-refractivity contribution >= 4 is 0 Å². The fourth-order valence-corrected chi connectivity index (χ4v) is 1.72. The highest BCUT2D eigenvalue weighted by Crippen LogP contribution is 2.08. The Hall–Kier alpha value is -0.0800. The SMILES string of the molecule is CCC(CCOC)N(C)CC(C)C. The third-order valence-electron chi connectivity index (χ3n) is 2.40. The minimum absolute atomic E-state index is 0.683. The molecule has 0 saturated heterocycles. The van der Waals surface area contributed by atoms with Crippen LogP contribution in [0, 0.1) is 5.92 Å². The van der Waals surface area contributed by atoms with Gasteiger partial charge in [0, 0.05) is 26.3 Å². The van der Waals surface area contributed by atoms with Crippen LogP contribution in [0.25, 0.3) is 0 Å². The van der Waals surface area contributed by atoms with Gasteiger partial charge in [-0.05, 0) is 25.8 Å². The number of hydrogen-bond acceptors (Lipinski definition) is 2. The van der Waals surface area contributed by atoms with E-state index in [1.807, 2.05) is 0 Å². The van der Waals surface area contributed by atoms with Gasteiger partial charge in [-0.2, -0.15) is 0 Å². The predicted molar refractivity (Wildman–Crippen MR) is 58.0 cm³/mol. The lowest BCUT2D eigenvalue weighted by atomic mass is 10.1. The molecule has 0 N–H and O–H groups in total. The summed E-state index contributed by atoms with van der Waals surface area (Å²) < 4.78 is 5.10. The van der Waals surface area contributed by atoms with Crippen molar-refractivity contribution in [3.63, 3.8) is 0 Å². The van der Waals surface area contributed by atoms with Crippen molar-refractivity contribution in [1.29, 1.82) is 0 Å². The van der Waals surface area contributed by atoms with Crippen LogP contribution in [0.2, 0.25) is 0 Å². The maximum absolute atomic E-state index is 5.10. The van der Waals surface area contributed by atoms with E-state index in [9.17, 15) is 0 Å². The van der Waals surface area contributed by atoms with E-state index in [4.69, 9.17) is 4.74 Å². The summed E-state index contributed by atoms with van der Waals surface area (Å²) in [5.74, 6) is 0.751. The Kier molecular flexibility index (Phi) is 7.29. The molecule has 0 aliphatic heterocycles. The summed E-state index contributed by atoms with van der Waals surface area (Å²) in [5.41, 5.74) is 0. The molecule has 0 spiro atoms. The molecule has 1 atom stereocenters. The molecule has 2 heteroatoms. The molecule has 2 nitrogen and oxygen atoms in total. The molecule has 0 aromatic heterocycles. The molecular weight excluding hydrogens is 162 g/mol. The van der Waals surface area contributed by atoms with Gasteiger partial charge in [0.2, 0.25) is 0 Å². The Labute approximate surface area is 83.3 Å². The van der Waals surface area contributed by atoms with Gasteiger partial charge in [0.25, 0.3) is 0 Å². The van der Waals surface area contributed by atoms with E-state index in [2.05, 4.69) is 32.7 Å². The topological polar surface area (TPSA) is 12.5 Å². The van der Waals surface area contributed by atoms with Gasteiger partial charge in [-0.3, -0.25) is 0 Å². The molecule has 0 bridgehead atoms. The molecule has 0 fully saturated rings. The first-order chi connectivity index (χ1) is 6.11. The first kappa shape index (κ1) is 12.9. The number of rotatable bonds is 7. The molecule has 0 heterocycles. The van der Waals surface area contributed by atoms with Crippen LogP contribution in [0.4, 0.5) is 0 Å². The van der Waals surface area contributed by atoms with Crippen LogP contribution in [-0.2, 0) is 4.74 Å². The van der Waals surface area contributed by atoms with Crippen LogP contribution in [-0.4, -0.2) is 38.3 Å². The lowest BCUT2D eigenvalue weighted by Crippen LogP contribution is -2.34. The van der Waals surface area contributed by atoms with E-state index in [0.29, 0.717) is 6.04 Å². The van der Waals surface area contributed by atoms with Crippen molar-refractivity contribution in [2.45, 2.75) is 39.7 Å². The van der Waals surface area contributed by atoms with E-state index in [-0.39, 0.29) is 0 Å². The monoisotopic (exact) mass is 187 g/mol. The van der Waals surface area contributed by atoms with Gasteiger partial charge in [0.05, 0.1) is 0 Å². The van der Waals surface area contributed by atoms with Crippen LogP contribution in [0.5, 0.6) is 0 Å². The maximum atomic E-state index is 5.10. The van der Waals surface area contributed by atoms with Crippen molar-refractivity contribution in [1.82, 2.24) is 4.90 Å². The summed E-state index contributed by atoms with van der Waals surface area (Å²) in [7, 11) is 3.99. The highest BCUT2D eigenvalue weighted by molar-refractivity contribution is 4.67. The Morgan fingerprint density at radius 1 is 1.31 bits per heavy atom. The second-order valence-corrected chi connectivity index (χ2v) is 4.18. The van der Waals surface area contributed by atoms with Crippen molar-refractivity contribution in [3.8, 4) is 0 Å². The zero-order valence-corrected chi connectivity index (χ0v) is 9.84. The van der Waals surface area contributed by atoms with Gasteiger partial charge < -0.3 is 9.64 Å². The molecular formula is C11H25NO. The van der Waals surface area contributed by atoms with E-state index in [0.717, 1.165) is 18.9 Å². The summed E-state index contributed by atoms with van der Waals surface area (Å²) >= 11 is 0. The van der Waals surface area contributed by atoms with Crippen LogP contribution in [0.3, 0.4) is 0 Å². The van der Waals surface area contributed by atoms with E-state index >= 15 is 0 Å². The highest BCUT2D eigenvalue weighted by Gasteiger charge is 2.12. The van der Waals surface area contributed by atoms with Crippen LogP contribution >= 0.6 is 0 Å². The standard InChI is InChI=1S/C11H25NO/c1-6-11(7-8-13-5)12(4)9-10(2)3/h10-11H,6-9H2,1-5H3. The molecule has 1 unspecified atom stereocenters. The van der Waals surface area contributed by atoms with E-state index < -0.39 is 0 Å². The third-order valence-corrected chi connectivity index (χ3v) is 2.40. The van der Waals surface area contributed by atoms with Gasteiger partial charge in [-0.1, -0.05) is 20.8 Å². The van der Waals surface area contributed by atoms with Gasteiger partial charge >= 0.3 is 0 Å². The van der Waals surface area contributed by atoms with Crippen molar-refractivity contribution in [2.24, 2.45) is 5.92 Å². The Bertz CT molecular complexity index is 115. The van der Waals surface area contributed by atoms with E-state index in [1.54, 1.807) is 7.11 Å². The molecule has 80 valence electrons. The molecule has 0 saturated carbocycles. The molecule has 13 heavy (non-hydrogen) atoms. The van der Waals surface area contributed by atoms with Gasteiger partial charge in [0.15, 0.2) is 0 Å². The first-order valence-corrected chi connectivity index (χ1v) is 5.31. The van der Waals surface area contributed by atoms with Crippen molar-refractivity contribution < 1.29 is 4.74 Å². The van der Waals surface area contributed by atoms with Crippen molar-refractivity contribution in [3.05, 3.63) is 0 Å². The average molecular weight is 187 g/mol. The fraction of sp³-hybridized carbons (Fsp3) is 1.00. The summed E-state index contributed by atoms with van der Waals surface area (Å²) in [5, 5.41) is 0. The molecule has 0 radical (unpaired) electrons. The minimum Gasteiger partial charge on any atom is -0.385 e. The normalized spacial score (nSPS) is 14.1. The minimum atomic E-state index is 0.683. The summed E-state index contributed by atoms with van der Waals surface area (Å²) in [4.78, 5) is 2.45. The second-order valence-electron chi connectivity index (χ2n) is 4.18. The van der Waals surface area contributed by atoms with Crippen molar-refractivity contribution in [2.75, 3.05) is 27.3 Å². The zero-order chi connectivity index (χ0) is 10.3. The van der Waals surface area contributed by atoms with Crippen LogP contribution in [0.15, 0.2) is 0 Å². The molecule has 0 aromatic rings. The summed E-state index contributed by atoms with van der Waals surface area (Å²) in [6.07, 6.45) is 2.36. The lowest BCUT2D eigenvalue weighted by Gasteiger charge is -2.28. The Balaban J connectivity index is 3.77. The Morgan fingerprint density at radius 3 is 2.31 bits per heavy atom. The number of ether oxygens (including phenoxy) is 1. The van der Waals surface area contributed by atoms with E-state index in [1.165, 1.54) is 13.0 Å². The highest BCUT2D eigenvalue weighted by atomic mass is 16.5. The number of hydrogen-bond donors (Lipinski definition) is 0. The summed E-state index contributed by atoms with van der Waals surface area (Å²) in [6, 6.07) is 0.683. The largest absolute Gasteiger partial charge is 0.385 e. The zero-order valence-electron chi connectivity index (χ0n) is 9.84.